The summed E-state index contributed by atoms with van der Waals surface area (Å²) in [4.78, 5) is 16.7. The predicted molar refractivity (Wildman–Crippen MR) is 73.2 cm³/mol. The summed E-state index contributed by atoms with van der Waals surface area (Å²) in [6.07, 6.45) is 4.45. The summed E-state index contributed by atoms with van der Waals surface area (Å²) in [7, 11) is 0. The van der Waals surface area contributed by atoms with Crippen molar-refractivity contribution in [3.8, 4) is 6.07 Å². The van der Waals surface area contributed by atoms with Crippen molar-refractivity contribution in [3.05, 3.63) is 0 Å². The molecule has 106 valence electrons. The molecule has 0 aromatic carbocycles. The standard InChI is InChI=1S/C14H24N4O/c15-6-1-7-17-8-10-18(11-9-17)14(19)12-2-4-13(16)5-3-12/h12-13H,1-5,7-11,16H2. The van der Waals surface area contributed by atoms with Gasteiger partial charge >= 0.3 is 0 Å². The monoisotopic (exact) mass is 264 g/mol. The molecule has 1 aliphatic carbocycles. The molecule has 2 fully saturated rings. The maximum Gasteiger partial charge on any atom is 0.225 e. The van der Waals surface area contributed by atoms with E-state index in [0.717, 1.165) is 58.4 Å². The Bertz CT molecular complexity index is 336. The van der Waals surface area contributed by atoms with E-state index < -0.39 is 0 Å². The highest BCUT2D eigenvalue weighted by molar-refractivity contribution is 5.79. The molecule has 1 saturated carbocycles. The van der Waals surface area contributed by atoms with Gasteiger partial charge in [-0.05, 0) is 25.7 Å². The maximum absolute atomic E-state index is 12.4. The molecule has 5 nitrogen and oxygen atoms in total. The maximum atomic E-state index is 12.4. The molecule has 0 spiro atoms. The average Bonchev–Trinajstić information content (AvgIpc) is 2.46. The molecule has 2 rings (SSSR count). The van der Waals surface area contributed by atoms with E-state index in [1.807, 2.05) is 4.90 Å². The number of amides is 1. The second-order valence-electron chi connectivity index (χ2n) is 5.69. The zero-order valence-corrected chi connectivity index (χ0v) is 11.6. The van der Waals surface area contributed by atoms with E-state index in [2.05, 4.69) is 11.0 Å². The average molecular weight is 264 g/mol. The summed E-state index contributed by atoms with van der Waals surface area (Å²) in [5, 5.41) is 8.58. The molecule has 1 saturated heterocycles. The molecule has 0 atom stereocenters. The van der Waals surface area contributed by atoms with Gasteiger partial charge in [0.1, 0.15) is 0 Å². The topological polar surface area (TPSA) is 73.4 Å². The smallest absolute Gasteiger partial charge is 0.225 e. The third-order valence-electron chi connectivity index (χ3n) is 4.34. The first kappa shape index (κ1) is 14.3. The van der Waals surface area contributed by atoms with Crippen molar-refractivity contribution in [1.82, 2.24) is 9.80 Å². The minimum absolute atomic E-state index is 0.199. The summed E-state index contributed by atoms with van der Waals surface area (Å²) in [6.45, 7) is 4.26. The second-order valence-corrected chi connectivity index (χ2v) is 5.69. The Morgan fingerprint density at radius 3 is 2.37 bits per heavy atom. The van der Waals surface area contributed by atoms with Crippen LogP contribution in [0.4, 0.5) is 0 Å². The van der Waals surface area contributed by atoms with E-state index in [1.165, 1.54) is 0 Å². The highest BCUT2D eigenvalue weighted by atomic mass is 16.2. The molecule has 2 N–H and O–H groups in total. The van der Waals surface area contributed by atoms with Crippen LogP contribution in [0.2, 0.25) is 0 Å². The Labute approximate surface area is 115 Å². The van der Waals surface area contributed by atoms with Crippen molar-refractivity contribution in [2.75, 3.05) is 32.7 Å². The zero-order valence-electron chi connectivity index (χ0n) is 11.6. The van der Waals surface area contributed by atoms with Crippen LogP contribution in [0, 0.1) is 17.2 Å². The van der Waals surface area contributed by atoms with E-state index >= 15 is 0 Å². The van der Waals surface area contributed by atoms with Gasteiger partial charge in [0.2, 0.25) is 5.91 Å². The molecule has 1 aliphatic heterocycles. The first-order valence-corrected chi connectivity index (χ1v) is 7.34. The number of hydrogen-bond acceptors (Lipinski definition) is 4. The number of carbonyl (C=O) groups excluding carboxylic acids is 1. The summed E-state index contributed by atoms with van der Waals surface area (Å²) < 4.78 is 0. The molecule has 0 radical (unpaired) electrons. The number of nitriles is 1. The summed E-state index contributed by atoms with van der Waals surface area (Å²) in [5.41, 5.74) is 5.88. The number of nitrogens with two attached hydrogens (primary N) is 1. The Hall–Kier alpha value is -1.12. The normalized spacial score (nSPS) is 28.9. The van der Waals surface area contributed by atoms with Crippen molar-refractivity contribution in [2.45, 2.75) is 38.1 Å². The van der Waals surface area contributed by atoms with Crippen LogP contribution in [-0.2, 0) is 4.79 Å². The molecule has 0 bridgehead atoms. The van der Waals surface area contributed by atoms with Gasteiger partial charge in [-0.25, -0.2) is 0 Å². The summed E-state index contributed by atoms with van der Waals surface area (Å²) in [6, 6.07) is 2.47. The van der Waals surface area contributed by atoms with Crippen LogP contribution >= 0.6 is 0 Å². The molecule has 2 aliphatic rings. The number of piperazine rings is 1. The third-order valence-corrected chi connectivity index (χ3v) is 4.34. The lowest BCUT2D eigenvalue weighted by molar-refractivity contribution is -0.138. The van der Waals surface area contributed by atoms with Gasteiger partial charge in [-0.3, -0.25) is 9.69 Å². The highest BCUT2D eigenvalue weighted by Gasteiger charge is 2.29. The van der Waals surface area contributed by atoms with Gasteiger partial charge in [-0.1, -0.05) is 0 Å². The molecular formula is C14H24N4O. The van der Waals surface area contributed by atoms with Crippen LogP contribution in [0.5, 0.6) is 0 Å². The van der Waals surface area contributed by atoms with Crippen molar-refractivity contribution in [2.24, 2.45) is 11.7 Å². The fourth-order valence-corrected chi connectivity index (χ4v) is 3.02. The SMILES string of the molecule is N#CCCN1CCN(C(=O)C2CCC(N)CC2)CC1. The van der Waals surface area contributed by atoms with Crippen LogP contribution in [0.25, 0.3) is 0 Å². The third kappa shape index (κ3) is 3.92. The molecule has 1 amide bonds. The summed E-state index contributed by atoms with van der Waals surface area (Å²) in [5.74, 6) is 0.525. The van der Waals surface area contributed by atoms with Gasteiger partial charge in [0.05, 0.1) is 6.07 Å². The second kappa shape index (κ2) is 6.88. The predicted octanol–water partition coefficient (Wildman–Crippen LogP) is 0.562. The van der Waals surface area contributed by atoms with Crippen molar-refractivity contribution >= 4 is 5.91 Å². The van der Waals surface area contributed by atoms with Crippen molar-refractivity contribution < 1.29 is 4.79 Å². The largest absolute Gasteiger partial charge is 0.340 e. The first-order chi connectivity index (χ1) is 9.20. The van der Waals surface area contributed by atoms with E-state index in [1.54, 1.807) is 0 Å². The van der Waals surface area contributed by atoms with Gasteiger partial charge in [0.15, 0.2) is 0 Å². The van der Waals surface area contributed by atoms with Gasteiger partial charge in [-0.15, -0.1) is 0 Å². The van der Waals surface area contributed by atoms with Crippen LogP contribution in [0.3, 0.4) is 0 Å². The Kier molecular flexibility index (Phi) is 5.17. The lowest BCUT2D eigenvalue weighted by Gasteiger charge is -2.37. The van der Waals surface area contributed by atoms with E-state index in [-0.39, 0.29) is 5.92 Å². The molecular weight excluding hydrogens is 240 g/mol. The van der Waals surface area contributed by atoms with Gasteiger partial charge in [0, 0.05) is 51.1 Å². The fourth-order valence-electron chi connectivity index (χ4n) is 3.02. The van der Waals surface area contributed by atoms with E-state index in [4.69, 9.17) is 11.0 Å². The molecule has 0 unspecified atom stereocenters. The van der Waals surface area contributed by atoms with E-state index in [9.17, 15) is 4.79 Å². The van der Waals surface area contributed by atoms with Crippen LogP contribution in [0.1, 0.15) is 32.1 Å². The number of nitrogens with zero attached hydrogens (tertiary/aromatic N) is 3. The van der Waals surface area contributed by atoms with Gasteiger partial charge in [0.25, 0.3) is 0 Å². The van der Waals surface area contributed by atoms with Crippen molar-refractivity contribution in [1.29, 1.82) is 5.26 Å². The van der Waals surface area contributed by atoms with Gasteiger partial charge in [-0.2, -0.15) is 5.26 Å². The van der Waals surface area contributed by atoms with Crippen LogP contribution in [0.15, 0.2) is 0 Å². The molecule has 0 aromatic rings. The quantitative estimate of drug-likeness (QED) is 0.808. The lowest BCUT2D eigenvalue weighted by atomic mass is 9.85. The minimum atomic E-state index is 0.199. The van der Waals surface area contributed by atoms with Crippen LogP contribution in [-0.4, -0.2) is 54.5 Å². The number of carbonyl (C=O) groups is 1. The zero-order chi connectivity index (χ0) is 13.7. The first-order valence-electron chi connectivity index (χ1n) is 7.34. The van der Waals surface area contributed by atoms with E-state index in [0.29, 0.717) is 18.4 Å². The number of hydrogen-bond donors (Lipinski definition) is 1. The van der Waals surface area contributed by atoms with Crippen molar-refractivity contribution in [3.63, 3.8) is 0 Å². The lowest BCUT2D eigenvalue weighted by Crippen LogP contribution is -2.51. The number of rotatable bonds is 3. The highest BCUT2D eigenvalue weighted by Crippen LogP contribution is 2.25. The summed E-state index contributed by atoms with van der Waals surface area (Å²) >= 11 is 0. The Morgan fingerprint density at radius 1 is 1.16 bits per heavy atom. The van der Waals surface area contributed by atoms with Crippen LogP contribution < -0.4 is 5.73 Å². The fraction of sp³-hybridized carbons (Fsp3) is 0.857. The Morgan fingerprint density at radius 2 is 1.79 bits per heavy atom. The minimum Gasteiger partial charge on any atom is -0.340 e. The molecule has 1 heterocycles. The molecule has 19 heavy (non-hydrogen) atoms. The van der Waals surface area contributed by atoms with Gasteiger partial charge < -0.3 is 10.6 Å². The molecule has 5 heteroatoms. The Balaban J connectivity index is 1.75. The molecule has 0 aromatic heterocycles.